The molecule has 0 aromatic rings. The Morgan fingerprint density at radius 3 is 2.70 bits per heavy atom. The third-order valence-electron chi connectivity index (χ3n) is 1.44. The van der Waals surface area contributed by atoms with Gasteiger partial charge in [-0.1, -0.05) is 0 Å². The highest BCUT2D eigenvalue weighted by molar-refractivity contribution is 5.05. The molecule has 0 saturated heterocycles. The van der Waals surface area contributed by atoms with Gasteiger partial charge in [-0.3, -0.25) is 0 Å². The van der Waals surface area contributed by atoms with Crippen LogP contribution in [0.1, 0.15) is 13.8 Å². The van der Waals surface area contributed by atoms with Crippen molar-refractivity contribution in [3.63, 3.8) is 0 Å². The fourth-order valence-electron chi connectivity index (χ4n) is 0.959. The summed E-state index contributed by atoms with van der Waals surface area (Å²) in [5.41, 5.74) is 3.24. The number of aliphatic hydroxyl groups is 1. The molecule has 0 saturated carbocycles. The van der Waals surface area contributed by atoms with E-state index in [1.807, 2.05) is 11.2 Å². The van der Waals surface area contributed by atoms with Gasteiger partial charge in [0, 0.05) is 6.20 Å². The molecule has 0 aromatic carbocycles. The van der Waals surface area contributed by atoms with Crippen molar-refractivity contribution in [1.82, 2.24) is 10.4 Å². The summed E-state index contributed by atoms with van der Waals surface area (Å²) >= 11 is 0. The van der Waals surface area contributed by atoms with Crippen LogP contribution >= 0.6 is 0 Å². The maximum absolute atomic E-state index is 8.58. The topological polar surface area (TPSA) is 35.5 Å². The maximum atomic E-state index is 8.58. The second-order valence-corrected chi connectivity index (χ2v) is 3.07. The van der Waals surface area contributed by atoms with E-state index in [1.165, 1.54) is 0 Å². The Morgan fingerprint density at radius 1 is 1.60 bits per heavy atom. The summed E-state index contributed by atoms with van der Waals surface area (Å²) in [6, 6.07) is 0. The standard InChI is InChI=1S/C7H14N2O/c1-7(2)3-4-9(8-7)5-6-10/h3-4,8,10H,5-6H2,1-2H3. The van der Waals surface area contributed by atoms with Gasteiger partial charge in [0.2, 0.25) is 0 Å². The van der Waals surface area contributed by atoms with Crippen LogP contribution in [0.25, 0.3) is 0 Å². The van der Waals surface area contributed by atoms with Crippen LogP contribution in [0.2, 0.25) is 0 Å². The predicted octanol–water partition coefficient (Wildman–Crippen LogP) is 0.0912. The molecule has 10 heavy (non-hydrogen) atoms. The number of hydrazine groups is 1. The molecule has 3 nitrogen and oxygen atoms in total. The molecule has 0 aliphatic carbocycles. The second kappa shape index (κ2) is 2.60. The van der Waals surface area contributed by atoms with Crippen LogP contribution in [0.15, 0.2) is 12.3 Å². The number of β-amino-alcohol motifs (C(OH)–C–C–N with tert-alkyl or cyclic N) is 1. The Kier molecular flexibility index (Phi) is 1.97. The van der Waals surface area contributed by atoms with Crippen LogP contribution in [0.4, 0.5) is 0 Å². The van der Waals surface area contributed by atoms with Crippen molar-refractivity contribution < 1.29 is 5.11 Å². The van der Waals surface area contributed by atoms with E-state index in [4.69, 9.17) is 5.11 Å². The molecule has 0 spiro atoms. The first-order valence-corrected chi connectivity index (χ1v) is 3.49. The number of hydrogen-bond donors (Lipinski definition) is 2. The minimum Gasteiger partial charge on any atom is -0.394 e. The van der Waals surface area contributed by atoms with E-state index in [0.717, 1.165) is 0 Å². The minimum absolute atomic E-state index is 0.0508. The fraction of sp³-hybridized carbons (Fsp3) is 0.714. The lowest BCUT2D eigenvalue weighted by molar-refractivity contribution is 0.181. The number of hydrogen-bond acceptors (Lipinski definition) is 3. The molecule has 0 bridgehead atoms. The van der Waals surface area contributed by atoms with E-state index in [-0.39, 0.29) is 12.1 Å². The van der Waals surface area contributed by atoms with Crippen molar-refractivity contribution in [2.24, 2.45) is 0 Å². The molecule has 0 radical (unpaired) electrons. The van der Waals surface area contributed by atoms with Gasteiger partial charge >= 0.3 is 0 Å². The highest BCUT2D eigenvalue weighted by Crippen LogP contribution is 2.11. The zero-order valence-corrected chi connectivity index (χ0v) is 6.46. The molecule has 0 atom stereocenters. The fourth-order valence-corrected chi connectivity index (χ4v) is 0.959. The Morgan fingerprint density at radius 2 is 2.30 bits per heavy atom. The van der Waals surface area contributed by atoms with Gasteiger partial charge in [-0.15, -0.1) is 0 Å². The molecule has 1 aliphatic rings. The monoisotopic (exact) mass is 142 g/mol. The lowest BCUT2D eigenvalue weighted by atomic mass is 10.1. The Bertz CT molecular complexity index is 143. The summed E-state index contributed by atoms with van der Waals surface area (Å²) in [6.07, 6.45) is 4.03. The van der Waals surface area contributed by atoms with E-state index in [2.05, 4.69) is 25.3 Å². The number of nitrogens with one attached hydrogen (secondary N) is 1. The quantitative estimate of drug-likeness (QED) is 0.573. The SMILES string of the molecule is CC1(C)C=CN(CCO)N1. The first-order chi connectivity index (χ1) is 4.64. The molecular formula is C7H14N2O. The van der Waals surface area contributed by atoms with Crippen LogP contribution in [-0.2, 0) is 0 Å². The van der Waals surface area contributed by atoms with Crippen molar-refractivity contribution in [1.29, 1.82) is 0 Å². The molecule has 58 valence electrons. The van der Waals surface area contributed by atoms with E-state index in [0.29, 0.717) is 6.54 Å². The zero-order chi connectivity index (χ0) is 7.61. The van der Waals surface area contributed by atoms with Gasteiger partial charge in [0.05, 0.1) is 18.7 Å². The van der Waals surface area contributed by atoms with Crippen LogP contribution in [0, 0.1) is 0 Å². The van der Waals surface area contributed by atoms with Crippen LogP contribution in [-0.4, -0.2) is 28.8 Å². The molecule has 0 aromatic heterocycles. The molecule has 0 amide bonds. The van der Waals surface area contributed by atoms with Crippen molar-refractivity contribution in [2.45, 2.75) is 19.4 Å². The van der Waals surface area contributed by atoms with Crippen molar-refractivity contribution >= 4 is 0 Å². The van der Waals surface area contributed by atoms with Gasteiger partial charge in [0.25, 0.3) is 0 Å². The third-order valence-corrected chi connectivity index (χ3v) is 1.44. The molecule has 1 aliphatic heterocycles. The van der Waals surface area contributed by atoms with Crippen LogP contribution in [0.3, 0.4) is 0 Å². The molecule has 0 fully saturated rings. The van der Waals surface area contributed by atoms with Gasteiger partial charge < -0.3 is 10.1 Å². The average Bonchev–Trinajstić information content (AvgIpc) is 2.12. The predicted molar refractivity (Wildman–Crippen MR) is 40.1 cm³/mol. The van der Waals surface area contributed by atoms with E-state index >= 15 is 0 Å². The number of rotatable bonds is 2. The summed E-state index contributed by atoms with van der Waals surface area (Å²) in [5.74, 6) is 0. The van der Waals surface area contributed by atoms with Crippen molar-refractivity contribution in [3.05, 3.63) is 12.3 Å². The normalized spacial score (nSPS) is 22.1. The second-order valence-electron chi connectivity index (χ2n) is 3.07. The van der Waals surface area contributed by atoms with E-state index in [9.17, 15) is 0 Å². The molecule has 2 N–H and O–H groups in total. The van der Waals surface area contributed by atoms with Crippen LogP contribution < -0.4 is 5.43 Å². The molecule has 1 rings (SSSR count). The highest BCUT2D eigenvalue weighted by Gasteiger charge is 2.20. The lowest BCUT2D eigenvalue weighted by Crippen LogP contribution is -2.42. The lowest BCUT2D eigenvalue weighted by Gasteiger charge is -2.22. The number of aliphatic hydroxyl groups excluding tert-OH is 1. The van der Waals surface area contributed by atoms with Gasteiger partial charge in [-0.25, -0.2) is 5.43 Å². The first kappa shape index (κ1) is 7.57. The van der Waals surface area contributed by atoms with Gasteiger partial charge in [0.15, 0.2) is 0 Å². The summed E-state index contributed by atoms with van der Waals surface area (Å²) in [6.45, 7) is 5.01. The summed E-state index contributed by atoms with van der Waals surface area (Å²) in [4.78, 5) is 0. The Balaban J connectivity index is 2.38. The molecule has 3 heteroatoms. The van der Waals surface area contributed by atoms with Gasteiger partial charge in [-0.2, -0.15) is 0 Å². The molecule has 0 unspecified atom stereocenters. The summed E-state index contributed by atoms with van der Waals surface area (Å²) < 4.78 is 0. The maximum Gasteiger partial charge on any atom is 0.0622 e. The summed E-state index contributed by atoms with van der Waals surface area (Å²) in [7, 11) is 0. The Hall–Kier alpha value is -0.540. The molecular weight excluding hydrogens is 128 g/mol. The van der Waals surface area contributed by atoms with E-state index < -0.39 is 0 Å². The average molecular weight is 142 g/mol. The van der Waals surface area contributed by atoms with Gasteiger partial charge in [-0.05, 0) is 19.9 Å². The first-order valence-electron chi connectivity index (χ1n) is 3.49. The zero-order valence-electron chi connectivity index (χ0n) is 6.46. The summed E-state index contributed by atoms with van der Waals surface area (Å²) in [5, 5.41) is 10.5. The third kappa shape index (κ3) is 1.72. The smallest absolute Gasteiger partial charge is 0.0622 e. The largest absolute Gasteiger partial charge is 0.394 e. The molecule has 1 heterocycles. The van der Waals surface area contributed by atoms with Gasteiger partial charge in [0.1, 0.15) is 0 Å². The van der Waals surface area contributed by atoms with E-state index in [1.54, 1.807) is 0 Å². The Labute approximate surface area is 61.3 Å². The highest BCUT2D eigenvalue weighted by atomic mass is 16.3. The van der Waals surface area contributed by atoms with Crippen LogP contribution in [0.5, 0.6) is 0 Å². The number of nitrogens with zero attached hydrogens (tertiary/aromatic N) is 1. The minimum atomic E-state index is 0.0508. The van der Waals surface area contributed by atoms with Crippen molar-refractivity contribution in [2.75, 3.05) is 13.2 Å². The van der Waals surface area contributed by atoms with Crippen molar-refractivity contribution in [3.8, 4) is 0 Å².